The average molecular weight is 248 g/mol. The van der Waals surface area contributed by atoms with Crippen molar-refractivity contribution in [2.45, 2.75) is 18.6 Å². The Labute approximate surface area is 106 Å². The summed E-state index contributed by atoms with van der Waals surface area (Å²) in [5.74, 6) is 1.88. The van der Waals surface area contributed by atoms with Crippen LogP contribution in [-0.4, -0.2) is 18.7 Å². The molecule has 1 aromatic rings. The highest BCUT2D eigenvalue weighted by Gasteiger charge is 2.01. The smallest absolute Gasteiger partial charge is 0.251 e. The molecule has 0 spiro atoms. The third-order valence-electron chi connectivity index (χ3n) is 2.29. The van der Waals surface area contributed by atoms with Crippen molar-refractivity contribution in [2.24, 2.45) is 0 Å². The number of carbonyl (C=O) groups is 1. The molecular formula is C13H16N2OS. The van der Waals surface area contributed by atoms with Crippen LogP contribution < -0.4 is 5.32 Å². The second-order valence-corrected chi connectivity index (χ2v) is 4.70. The van der Waals surface area contributed by atoms with Crippen LogP contribution in [0.3, 0.4) is 0 Å². The maximum Gasteiger partial charge on any atom is 0.251 e. The molecule has 1 N–H and O–H groups in total. The normalized spacial score (nSPS) is 9.65. The van der Waals surface area contributed by atoms with Gasteiger partial charge in [0.25, 0.3) is 5.91 Å². The zero-order valence-corrected chi connectivity index (χ0v) is 10.7. The van der Waals surface area contributed by atoms with Gasteiger partial charge in [-0.3, -0.25) is 4.79 Å². The predicted octanol–water partition coefficient (Wildman–Crippen LogP) is 2.58. The highest BCUT2D eigenvalue weighted by Crippen LogP contribution is 2.14. The Morgan fingerprint density at radius 1 is 1.41 bits per heavy atom. The van der Waals surface area contributed by atoms with Crippen molar-refractivity contribution in [1.82, 2.24) is 5.32 Å². The highest BCUT2D eigenvalue weighted by molar-refractivity contribution is 7.98. The van der Waals surface area contributed by atoms with Crippen molar-refractivity contribution >= 4 is 17.7 Å². The first kappa shape index (κ1) is 13.6. The molecule has 0 unspecified atom stereocenters. The molecular weight excluding hydrogens is 232 g/mol. The average Bonchev–Trinajstić information content (AvgIpc) is 2.38. The molecule has 90 valence electrons. The Morgan fingerprint density at radius 2 is 2.12 bits per heavy atom. The van der Waals surface area contributed by atoms with Crippen LogP contribution in [0.25, 0.3) is 0 Å². The van der Waals surface area contributed by atoms with E-state index in [1.807, 2.05) is 36.0 Å². The van der Waals surface area contributed by atoms with Crippen LogP contribution in [0.5, 0.6) is 0 Å². The number of amides is 1. The van der Waals surface area contributed by atoms with Gasteiger partial charge in [0.15, 0.2) is 0 Å². The molecule has 0 saturated carbocycles. The molecule has 0 fully saturated rings. The van der Waals surface area contributed by atoms with Gasteiger partial charge in [0, 0.05) is 24.8 Å². The van der Waals surface area contributed by atoms with E-state index >= 15 is 0 Å². The van der Waals surface area contributed by atoms with E-state index < -0.39 is 0 Å². The van der Waals surface area contributed by atoms with Crippen molar-refractivity contribution in [3.05, 3.63) is 35.4 Å². The molecule has 1 amide bonds. The number of nitrogens with one attached hydrogen (secondary N) is 1. The Balaban J connectivity index is 2.36. The van der Waals surface area contributed by atoms with Gasteiger partial charge in [0.05, 0.1) is 6.07 Å². The van der Waals surface area contributed by atoms with E-state index in [-0.39, 0.29) is 5.91 Å². The Bertz CT molecular complexity index is 395. The Hall–Kier alpha value is -1.47. The minimum Gasteiger partial charge on any atom is -0.355 e. The van der Waals surface area contributed by atoms with Gasteiger partial charge >= 0.3 is 0 Å². The summed E-state index contributed by atoms with van der Waals surface area (Å²) in [5, 5.41) is 11.0. The molecule has 0 aliphatic rings. The van der Waals surface area contributed by atoms with Gasteiger partial charge in [-0.1, -0.05) is 12.1 Å². The first-order valence-corrected chi connectivity index (χ1v) is 6.69. The van der Waals surface area contributed by atoms with Gasteiger partial charge in [-0.15, -0.1) is 0 Å². The largest absolute Gasteiger partial charge is 0.355 e. The number of rotatable bonds is 6. The third kappa shape index (κ3) is 4.92. The maximum atomic E-state index is 11.3. The summed E-state index contributed by atoms with van der Waals surface area (Å²) in [5.41, 5.74) is 1.89. The van der Waals surface area contributed by atoms with Crippen LogP contribution in [-0.2, 0) is 5.75 Å². The van der Waals surface area contributed by atoms with Crippen LogP contribution in [0, 0.1) is 11.3 Å². The lowest BCUT2D eigenvalue weighted by molar-refractivity contribution is 0.0963. The molecule has 0 heterocycles. The van der Waals surface area contributed by atoms with E-state index in [1.54, 1.807) is 7.05 Å². The van der Waals surface area contributed by atoms with Crippen molar-refractivity contribution in [2.75, 3.05) is 12.8 Å². The van der Waals surface area contributed by atoms with Crippen LogP contribution in [0.15, 0.2) is 24.3 Å². The zero-order valence-electron chi connectivity index (χ0n) is 9.90. The minimum absolute atomic E-state index is 0.0572. The maximum absolute atomic E-state index is 11.3. The van der Waals surface area contributed by atoms with Crippen molar-refractivity contribution < 1.29 is 4.79 Å². The van der Waals surface area contributed by atoms with Crippen molar-refractivity contribution in [3.63, 3.8) is 0 Å². The predicted molar refractivity (Wildman–Crippen MR) is 70.8 cm³/mol. The van der Waals surface area contributed by atoms with Gasteiger partial charge in [-0.2, -0.15) is 17.0 Å². The number of hydrogen-bond donors (Lipinski definition) is 1. The van der Waals surface area contributed by atoms with Gasteiger partial charge in [-0.05, 0) is 29.9 Å². The topological polar surface area (TPSA) is 52.9 Å². The molecule has 1 aromatic carbocycles. The standard InChI is InChI=1S/C13H16N2OS/c1-15-13(16)12-6-4-11(5-7-12)10-17-9-3-2-8-14/h4-7H,2-3,9-10H2,1H3,(H,15,16). The van der Waals surface area contributed by atoms with E-state index in [1.165, 1.54) is 5.56 Å². The van der Waals surface area contributed by atoms with E-state index in [4.69, 9.17) is 5.26 Å². The quantitative estimate of drug-likeness (QED) is 0.787. The summed E-state index contributed by atoms with van der Waals surface area (Å²) in [6.07, 6.45) is 1.57. The number of benzene rings is 1. The first-order chi connectivity index (χ1) is 8.27. The lowest BCUT2D eigenvalue weighted by atomic mass is 10.1. The molecule has 3 nitrogen and oxygen atoms in total. The lowest BCUT2D eigenvalue weighted by Gasteiger charge is -2.03. The third-order valence-corrected chi connectivity index (χ3v) is 3.40. The fourth-order valence-corrected chi connectivity index (χ4v) is 2.26. The fraction of sp³-hybridized carbons (Fsp3) is 0.385. The number of unbranched alkanes of at least 4 members (excludes halogenated alkanes) is 1. The monoisotopic (exact) mass is 248 g/mol. The number of nitrogens with zero attached hydrogens (tertiary/aromatic N) is 1. The number of thioether (sulfide) groups is 1. The van der Waals surface area contributed by atoms with E-state index in [9.17, 15) is 4.79 Å². The van der Waals surface area contributed by atoms with Crippen LogP contribution in [0.1, 0.15) is 28.8 Å². The summed E-state index contributed by atoms with van der Waals surface area (Å²) in [4.78, 5) is 11.3. The van der Waals surface area contributed by atoms with Gasteiger partial charge < -0.3 is 5.32 Å². The van der Waals surface area contributed by atoms with Crippen LogP contribution >= 0.6 is 11.8 Å². The molecule has 0 aliphatic heterocycles. The molecule has 0 aromatic heterocycles. The summed E-state index contributed by atoms with van der Waals surface area (Å²) in [6.45, 7) is 0. The second-order valence-electron chi connectivity index (χ2n) is 3.59. The molecule has 0 radical (unpaired) electrons. The van der Waals surface area contributed by atoms with E-state index in [0.717, 1.165) is 17.9 Å². The summed E-state index contributed by atoms with van der Waals surface area (Å²) < 4.78 is 0. The molecule has 0 atom stereocenters. The van der Waals surface area contributed by atoms with E-state index in [2.05, 4.69) is 11.4 Å². The summed E-state index contributed by atoms with van der Waals surface area (Å²) in [7, 11) is 1.63. The Kier molecular flexibility index (Phi) is 6.19. The van der Waals surface area contributed by atoms with Gasteiger partial charge in [-0.25, -0.2) is 0 Å². The first-order valence-electron chi connectivity index (χ1n) is 5.53. The van der Waals surface area contributed by atoms with Crippen LogP contribution in [0.2, 0.25) is 0 Å². The number of hydrogen-bond acceptors (Lipinski definition) is 3. The SMILES string of the molecule is CNC(=O)c1ccc(CSCCCC#N)cc1. The second kappa shape index (κ2) is 7.75. The summed E-state index contributed by atoms with van der Waals surface area (Å²) in [6, 6.07) is 9.76. The number of nitriles is 1. The van der Waals surface area contributed by atoms with Crippen LogP contribution in [0.4, 0.5) is 0 Å². The Morgan fingerprint density at radius 3 is 2.71 bits per heavy atom. The van der Waals surface area contributed by atoms with Gasteiger partial charge in [0.2, 0.25) is 0 Å². The van der Waals surface area contributed by atoms with Gasteiger partial charge in [0.1, 0.15) is 0 Å². The molecule has 0 aliphatic carbocycles. The van der Waals surface area contributed by atoms with Crippen molar-refractivity contribution in [1.29, 1.82) is 5.26 Å². The molecule has 0 saturated heterocycles. The van der Waals surface area contributed by atoms with Crippen molar-refractivity contribution in [3.8, 4) is 6.07 Å². The molecule has 17 heavy (non-hydrogen) atoms. The van der Waals surface area contributed by atoms with E-state index in [0.29, 0.717) is 12.0 Å². The minimum atomic E-state index is -0.0572. The zero-order chi connectivity index (χ0) is 12.5. The molecule has 1 rings (SSSR count). The number of carbonyl (C=O) groups excluding carboxylic acids is 1. The molecule has 4 heteroatoms. The fourth-order valence-electron chi connectivity index (χ4n) is 1.34. The molecule has 0 bridgehead atoms. The highest BCUT2D eigenvalue weighted by atomic mass is 32.2. The lowest BCUT2D eigenvalue weighted by Crippen LogP contribution is -2.17. The summed E-state index contributed by atoms with van der Waals surface area (Å²) >= 11 is 1.81.